The maximum Gasteiger partial charge on any atom is 0.265 e. The molecule has 1 fully saturated rings. The fourth-order valence-electron chi connectivity index (χ4n) is 2.68. The van der Waals surface area contributed by atoms with E-state index in [-0.39, 0.29) is 12.2 Å². The molecule has 33 heavy (non-hydrogen) atoms. The van der Waals surface area contributed by atoms with E-state index in [1.807, 2.05) is 11.5 Å². The van der Waals surface area contributed by atoms with Gasteiger partial charge in [0.2, 0.25) is 0 Å². The summed E-state index contributed by atoms with van der Waals surface area (Å²) < 4.78 is 9.94. The first kappa shape index (κ1) is 29.0. The van der Waals surface area contributed by atoms with Gasteiger partial charge in [0.25, 0.3) is 5.91 Å². The summed E-state index contributed by atoms with van der Waals surface area (Å²) in [5.74, 6) is 4.64. The Labute approximate surface area is 188 Å². The number of ether oxygens (including phenoxy) is 2. The Bertz CT molecular complexity index is 709. The fourth-order valence-corrected chi connectivity index (χ4v) is 2.68. The summed E-state index contributed by atoms with van der Waals surface area (Å²) in [6, 6.07) is 8.80. The molecule has 1 aliphatic rings. The molecule has 1 aliphatic heterocycles. The Morgan fingerprint density at radius 1 is 1.06 bits per heavy atom. The Balaban J connectivity index is 0.000000451. The molecule has 188 valence electrons. The van der Waals surface area contributed by atoms with E-state index in [9.17, 15) is 40.2 Å². The molecule has 1 heterocycles. The molecule has 14 heteroatoms. The second kappa shape index (κ2) is 14.2. The third kappa shape index (κ3) is 8.33. The van der Waals surface area contributed by atoms with Crippen LogP contribution in [0.4, 0.5) is 0 Å². The van der Waals surface area contributed by atoms with E-state index < -0.39 is 68.3 Å². The van der Waals surface area contributed by atoms with Gasteiger partial charge in [-0.05, 0) is 12.1 Å². The Hall–Kier alpha value is -2.08. The summed E-state index contributed by atoms with van der Waals surface area (Å²) in [4.78, 5) is 21.1. The Morgan fingerprint density at radius 3 is 2.18 bits per heavy atom. The summed E-state index contributed by atoms with van der Waals surface area (Å²) in [5, 5.41) is 75.4. The zero-order chi connectivity index (χ0) is 25.1. The minimum atomic E-state index is -1.96. The molecule has 11 N–H and O–H groups in total. The van der Waals surface area contributed by atoms with E-state index in [1.54, 1.807) is 24.3 Å². The molecule has 1 saturated heterocycles. The topological polar surface area (TPSA) is 252 Å². The van der Waals surface area contributed by atoms with E-state index in [4.69, 9.17) is 25.5 Å². The van der Waals surface area contributed by atoms with Gasteiger partial charge in [0.05, 0.1) is 13.2 Å². The van der Waals surface area contributed by atoms with Crippen molar-refractivity contribution in [1.82, 2.24) is 5.43 Å². The smallest absolute Gasteiger partial charge is 0.265 e. The normalized spacial score (nSPS) is 28.5. The highest BCUT2D eigenvalue weighted by atomic mass is 16.7. The van der Waals surface area contributed by atoms with Crippen LogP contribution in [0.15, 0.2) is 30.3 Å². The first-order chi connectivity index (χ1) is 15.6. The van der Waals surface area contributed by atoms with Crippen LogP contribution >= 0.6 is 0 Å². The molecular formula is C19H30N2O12. The number of hydrogen-bond donors (Lipinski definition) is 10. The van der Waals surface area contributed by atoms with Crippen molar-refractivity contribution in [1.29, 1.82) is 0 Å². The fraction of sp³-hybridized carbons (Fsp3) is 0.579. The number of amides is 1. The van der Waals surface area contributed by atoms with Crippen LogP contribution < -0.4 is 11.3 Å². The van der Waals surface area contributed by atoms with Crippen molar-refractivity contribution in [2.24, 2.45) is 5.84 Å². The highest BCUT2D eigenvalue weighted by molar-refractivity contribution is 5.93. The van der Waals surface area contributed by atoms with E-state index >= 15 is 0 Å². The molecule has 0 unspecified atom stereocenters. The lowest BCUT2D eigenvalue weighted by molar-refractivity contribution is -0.306. The number of carbonyl (C=O) groups is 2. The molecule has 1 amide bonds. The van der Waals surface area contributed by atoms with E-state index in [2.05, 4.69) is 0 Å². The van der Waals surface area contributed by atoms with E-state index in [0.717, 1.165) is 0 Å². The molecule has 9 atom stereocenters. The molecule has 1 aromatic carbocycles. The lowest BCUT2D eigenvalue weighted by atomic mass is 9.99. The average molecular weight is 478 g/mol. The van der Waals surface area contributed by atoms with Crippen molar-refractivity contribution < 1.29 is 59.9 Å². The van der Waals surface area contributed by atoms with Crippen molar-refractivity contribution in [3.05, 3.63) is 35.9 Å². The quantitative estimate of drug-likeness (QED) is 0.0690. The molecule has 2 rings (SSSR count). The molecule has 0 aromatic heterocycles. The Kier molecular flexibility index (Phi) is 12.5. The van der Waals surface area contributed by atoms with Crippen molar-refractivity contribution >= 4 is 12.2 Å². The summed E-state index contributed by atoms with van der Waals surface area (Å²) in [7, 11) is 0. The SMILES string of the molecule is NNC(=O)c1ccccc1.O=C[C@H](O)[C@@H](O)[C@H](O)[C@H](O)CO[C@H]1O[C@H](CO)[C@@H](O)[C@H](O)[C@H]1O. The van der Waals surface area contributed by atoms with Gasteiger partial charge in [-0.3, -0.25) is 10.2 Å². The van der Waals surface area contributed by atoms with Gasteiger partial charge in [0.15, 0.2) is 12.6 Å². The lowest BCUT2D eigenvalue weighted by Crippen LogP contribution is -2.59. The van der Waals surface area contributed by atoms with E-state index in [1.165, 1.54) is 0 Å². The third-order valence-electron chi connectivity index (χ3n) is 4.68. The van der Waals surface area contributed by atoms with Crippen LogP contribution in [-0.4, -0.2) is 121 Å². The largest absolute Gasteiger partial charge is 0.394 e. The van der Waals surface area contributed by atoms with Crippen molar-refractivity contribution in [3.8, 4) is 0 Å². The van der Waals surface area contributed by atoms with Gasteiger partial charge in [-0.2, -0.15) is 0 Å². The summed E-state index contributed by atoms with van der Waals surface area (Å²) in [6.45, 7) is -1.37. The number of aliphatic hydroxyl groups excluding tert-OH is 8. The van der Waals surface area contributed by atoms with E-state index in [0.29, 0.717) is 5.56 Å². The molecule has 0 spiro atoms. The predicted octanol–water partition coefficient (Wildman–Crippen LogP) is -5.26. The van der Waals surface area contributed by atoms with Crippen molar-refractivity contribution in [2.45, 2.75) is 55.1 Å². The molecule has 1 aromatic rings. The minimum absolute atomic E-state index is 0.0287. The van der Waals surface area contributed by atoms with Crippen LogP contribution in [0.2, 0.25) is 0 Å². The van der Waals surface area contributed by atoms with Crippen LogP contribution in [0, 0.1) is 0 Å². The first-order valence-corrected chi connectivity index (χ1v) is 9.74. The minimum Gasteiger partial charge on any atom is -0.394 e. The maximum absolute atomic E-state index is 10.8. The number of hydrogen-bond acceptors (Lipinski definition) is 13. The third-order valence-corrected chi connectivity index (χ3v) is 4.68. The monoisotopic (exact) mass is 478 g/mol. The second-order valence-electron chi connectivity index (χ2n) is 7.05. The second-order valence-corrected chi connectivity index (χ2v) is 7.05. The standard InChI is InChI=1S/C12H22O11.C7H8N2O/c13-1-4(15)7(17)8(18)5(16)3-22-12-11(21)10(20)9(19)6(2-14)23-12;8-9-7(10)6-4-2-1-3-5-6/h1,4-12,14-21H,2-3H2;1-5H,8H2,(H,9,10)/t4-,5+,6+,7+,8+,9+,10-,11+,12-;/m0./s1. The number of aliphatic hydroxyl groups is 8. The van der Waals surface area contributed by atoms with Gasteiger partial charge in [-0.1, -0.05) is 18.2 Å². The summed E-state index contributed by atoms with van der Waals surface area (Å²) in [6.07, 6.45) is -15.3. The number of benzene rings is 1. The van der Waals surface area contributed by atoms with Gasteiger partial charge in [0.1, 0.15) is 48.8 Å². The number of rotatable bonds is 9. The highest BCUT2D eigenvalue weighted by Gasteiger charge is 2.44. The number of hydrazine groups is 1. The number of nitrogens with one attached hydrogen (secondary N) is 1. The van der Waals surface area contributed by atoms with Crippen LogP contribution in [0.3, 0.4) is 0 Å². The van der Waals surface area contributed by atoms with Gasteiger partial charge in [-0.25, -0.2) is 5.84 Å². The number of nitrogen functional groups attached to an aromatic ring is 1. The number of aldehydes is 1. The first-order valence-electron chi connectivity index (χ1n) is 9.74. The van der Waals surface area contributed by atoms with Crippen molar-refractivity contribution in [2.75, 3.05) is 13.2 Å². The molecule has 0 saturated carbocycles. The van der Waals surface area contributed by atoms with Crippen LogP contribution in [0.25, 0.3) is 0 Å². The van der Waals surface area contributed by atoms with Crippen molar-refractivity contribution in [3.63, 3.8) is 0 Å². The lowest BCUT2D eigenvalue weighted by Gasteiger charge is -2.40. The van der Waals surface area contributed by atoms with Gasteiger partial charge in [0, 0.05) is 5.56 Å². The van der Waals surface area contributed by atoms with Crippen LogP contribution in [-0.2, 0) is 14.3 Å². The maximum atomic E-state index is 10.8. The number of nitrogens with two attached hydrogens (primary N) is 1. The van der Waals surface area contributed by atoms with Gasteiger partial charge >= 0.3 is 0 Å². The number of carbonyl (C=O) groups excluding carboxylic acids is 2. The highest BCUT2D eigenvalue weighted by Crippen LogP contribution is 2.22. The summed E-state index contributed by atoms with van der Waals surface area (Å²) >= 11 is 0. The van der Waals surface area contributed by atoms with Gasteiger partial charge < -0.3 is 55.1 Å². The van der Waals surface area contributed by atoms with Crippen LogP contribution in [0.1, 0.15) is 10.4 Å². The molecule has 0 radical (unpaired) electrons. The summed E-state index contributed by atoms with van der Waals surface area (Å²) in [5.41, 5.74) is 2.62. The Morgan fingerprint density at radius 2 is 1.67 bits per heavy atom. The average Bonchev–Trinajstić information content (AvgIpc) is 2.85. The molecule has 0 bridgehead atoms. The van der Waals surface area contributed by atoms with Crippen LogP contribution in [0.5, 0.6) is 0 Å². The zero-order valence-corrected chi connectivity index (χ0v) is 17.4. The molecule has 0 aliphatic carbocycles. The van der Waals surface area contributed by atoms with Gasteiger partial charge in [-0.15, -0.1) is 0 Å². The zero-order valence-electron chi connectivity index (χ0n) is 17.4. The molecular weight excluding hydrogens is 448 g/mol. The predicted molar refractivity (Wildman–Crippen MR) is 108 cm³/mol. The molecule has 14 nitrogen and oxygen atoms in total.